The Kier molecular flexibility index (Phi) is 4.59. The summed E-state index contributed by atoms with van der Waals surface area (Å²) < 4.78 is 38.1. The zero-order chi connectivity index (χ0) is 15.5. The standard InChI is InChI=1S/C12H14F3N3O2/c1-6-3-4-8(5-9(6)12(13,14)15)18-10(19)7(2)17-11(16)20/h3-5,7H,1-2H3,(H,18,19)(H3,16,17,20). The van der Waals surface area contributed by atoms with Crippen LogP contribution in [0.25, 0.3) is 0 Å². The lowest BCUT2D eigenvalue weighted by Crippen LogP contribution is -2.44. The Hall–Kier alpha value is -2.25. The Morgan fingerprint density at radius 1 is 1.30 bits per heavy atom. The third kappa shape index (κ3) is 4.15. The summed E-state index contributed by atoms with van der Waals surface area (Å²) in [6.07, 6.45) is -4.50. The number of rotatable bonds is 3. The van der Waals surface area contributed by atoms with Gasteiger partial charge in [0.1, 0.15) is 6.04 Å². The van der Waals surface area contributed by atoms with Crippen molar-refractivity contribution in [3.05, 3.63) is 29.3 Å². The normalized spacial score (nSPS) is 12.7. The van der Waals surface area contributed by atoms with E-state index in [2.05, 4.69) is 10.6 Å². The summed E-state index contributed by atoms with van der Waals surface area (Å²) in [6.45, 7) is 2.69. The molecule has 1 unspecified atom stereocenters. The fourth-order valence-electron chi connectivity index (χ4n) is 1.53. The number of benzene rings is 1. The molecule has 1 aromatic carbocycles. The number of carbonyl (C=O) groups excluding carboxylic acids is 2. The third-order valence-corrected chi connectivity index (χ3v) is 2.56. The predicted octanol–water partition coefficient (Wildman–Crippen LogP) is 2.01. The number of alkyl halides is 3. The van der Waals surface area contributed by atoms with Crippen LogP contribution in [0, 0.1) is 6.92 Å². The average Bonchev–Trinajstić information content (AvgIpc) is 2.29. The van der Waals surface area contributed by atoms with E-state index in [1.807, 2.05) is 0 Å². The van der Waals surface area contributed by atoms with Crippen LogP contribution in [0.4, 0.5) is 23.7 Å². The van der Waals surface area contributed by atoms with Gasteiger partial charge in [0.05, 0.1) is 5.56 Å². The summed E-state index contributed by atoms with van der Waals surface area (Å²) in [4.78, 5) is 22.2. The van der Waals surface area contributed by atoms with E-state index in [0.29, 0.717) is 0 Å². The fraction of sp³-hybridized carbons (Fsp3) is 0.333. The van der Waals surface area contributed by atoms with Gasteiger partial charge in [0.15, 0.2) is 0 Å². The van der Waals surface area contributed by atoms with Gasteiger partial charge in [0, 0.05) is 5.69 Å². The van der Waals surface area contributed by atoms with Crippen molar-refractivity contribution in [2.75, 3.05) is 5.32 Å². The molecule has 1 aromatic rings. The van der Waals surface area contributed by atoms with Gasteiger partial charge in [-0.3, -0.25) is 4.79 Å². The summed E-state index contributed by atoms with van der Waals surface area (Å²) >= 11 is 0. The average molecular weight is 289 g/mol. The quantitative estimate of drug-likeness (QED) is 0.795. The highest BCUT2D eigenvalue weighted by Crippen LogP contribution is 2.33. The lowest BCUT2D eigenvalue weighted by atomic mass is 10.1. The van der Waals surface area contributed by atoms with Crippen LogP contribution in [-0.4, -0.2) is 18.0 Å². The number of urea groups is 1. The minimum Gasteiger partial charge on any atom is -0.352 e. The number of aryl methyl sites for hydroxylation is 1. The van der Waals surface area contributed by atoms with Crippen LogP contribution in [0.15, 0.2) is 18.2 Å². The Bertz CT molecular complexity index is 529. The number of hydrogen-bond donors (Lipinski definition) is 3. The summed E-state index contributed by atoms with van der Waals surface area (Å²) in [5.74, 6) is -0.666. The molecule has 0 heterocycles. The molecular formula is C12H14F3N3O2. The molecule has 0 saturated carbocycles. The molecule has 110 valence electrons. The number of hydrogen-bond acceptors (Lipinski definition) is 2. The SMILES string of the molecule is Cc1ccc(NC(=O)C(C)NC(N)=O)cc1C(F)(F)F. The molecule has 3 amide bonds. The van der Waals surface area contributed by atoms with Crippen molar-refractivity contribution in [1.82, 2.24) is 5.32 Å². The molecule has 0 bridgehead atoms. The first-order valence-electron chi connectivity index (χ1n) is 5.66. The molecule has 1 atom stereocenters. The van der Waals surface area contributed by atoms with E-state index in [1.165, 1.54) is 26.0 Å². The third-order valence-electron chi connectivity index (χ3n) is 2.56. The molecule has 5 nitrogen and oxygen atoms in total. The Labute approximate surface area is 113 Å². The van der Waals surface area contributed by atoms with Crippen molar-refractivity contribution in [2.24, 2.45) is 5.73 Å². The van der Waals surface area contributed by atoms with Crippen molar-refractivity contribution in [2.45, 2.75) is 26.1 Å². The molecule has 0 radical (unpaired) electrons. The van der Waals surface area contributed by atoms with Gasteiger partial charge in [-0.25, -0.2) is 4.79 Å². The Balaban J connectivity index is 2.89. The van der Waals surface area contributed by atoms with Gasteiger partial charge in [0.25, 0.3) is 0 Å². The number of carbonyl (C=O) groups is 2. The van der Waals surface area contributed by atoms with Crippen LogP contribution in [0.1, 0.15) is 18.1 Å². The van der Waals surface area contributed by atoms with Crippen molar-refractivity contribution < 1.29 is 22.8 Å². The first-order chi connectivity index (χ1) is 9.11. The zero-order valence-electron chi connectivity index (χ0n) is 10.8. The maximum Gasteiger partial charge on any atom is 0.416 e. The zero-order valence-corrected chi connectivity index (χ0v) is 10.8. The van der Waals surface area contributed by atoms with Crippen LogP contribution in [0.3, 0.4) is 0 Å². The van der Waals surface area contributed by atoms with Gasteiger partial charge in [-0.2, -0.15) is 13.2 Å². The van der Waals surface area contributed by atoms with E-state index in [4.69, 9.17) is 5.73 Å². The molecule has 0 aliphatic rings. The van der Waals surface area contributed by atoms with Gasteiger partial charge in [-0.15, -0.1) is 0 Å². The molecule has 4 N–H and O–H groups in total. The molecule has 0 spiro atoms. The number of halogens is 3. The minimum atomic E-state index is -4.50. The van der Waals surface area contributed by atoms with E-state index in [-0.39, 0.29) is 11.3 Å². The molecule has 0 aliphatic heterocycles. The van der Waals surface area contributed by atoms with Crippen molar-refractivity contribution in [3.8, 4) is 0 Å². The van der Waals surface area contributed by atoms with Gasteiger partial charge < -0.3 is 16.4 Å². The molecule has 0 aliphatic carbocycles. The van der Waals surface area contributed by atoms with Gasteiger partial charge in [-0.1, -0.05) is 6.07 Å². The smallest absolute Gasteiger partial charge is 0.352 e. The van der Waals surface area contributed by atoms with Gasteiger partial charge >= 0.3 is 12.2 Å². The largest absolute Gasteiger partial charge is 0.416 e. The molecule has 0 aromatic heterocycles. The van der Waals surface area contributed by atoms with E-state index < -0.39 is 29.7 Å². The monoisotopic (exact) mass is 289 g/mol. The van der Waals surface area contributed by atoms with Crippen LogP contribution < -0.4 is 16.4 Å². The van der Waals surface area contributed by atoms with Crippen LogP contribution >= 0.6 is 0 Å². The lowest BCUT2D eigenvalue weighted by Gasteiger charge is -2.15. The highest BCUT2D eigenvalue weighted by Gasteiger charge is 2.32. The van der Waals surface area contributed by atoms with Crippen LogP contribution in [-0.2, 0) is 11.0 Å². The second kappa shape index (κ2) is 5.81. The van der Waals surface area contributed by atoms with E-state index >= 15 is 0 Å². The number of nitrogens with one attached hydrogen (secondary N) is 2. The second-order valence-electron chi connectivity index (χ2n) is 4.25. The molecule has 8 heteroatoms. The predicted molar refractivity (Wildman–Crippen MR) is 67.0 cm³/mol. The van der Waals surface area contributed by atoms with E-state index in [0.717, 1.165) is 6.07 Å². The van der Waals surface area contributed by atoms with Gasteiger partial charge in [0.2, 0.25) is 5.91 Å². The van der Waals surface area contributed by atoms with E-state index in [9.17, 15) is 22.8 Å². The number of anilines is 1. The molecule has 1 rings (SSSR count). The highest BCUT2D eigenvalue weighted by atomic mass is 19.4. The number of primary amides is 1. The summed E-state index contributed by atoms with van der Waals surface area (Å²) in [5, 5.41) is 4.40. The molecule has 0 saturated heterocycles. The first kappa shape index (κ1) is 15.8. The maximum atomic E-state index is 12.7. The molecule has 0 fully saturated rings. The highest BCUT2D eigenvalue weighted by molar-refractivity contribution is 5.96. The topological polar surface area (TPSA) is 84.2 Å². The second-order valence-corrected chi connectivity index (χ2v) is 4.25. The maximum absolute atomic E-state index is 12.7. The Morgan fingerprint density at radius 3 is 2.40 bits per heavy atom. The van der Waals surface area contributed by atoms with Crippen molar-refractivity contribution in [3.63, 3.8) is 0 Å². The first-order valence-corrected chi connectivity index (χ1v) is 5.66. The fourth-order valence-corrected chi connectivity index (χ4v) is 1.53. The summed E-state index contributed by atoms with van der Waals surface area (Å²) in [5.41, 5.74) is 4.07. The summed E-state index contributed by atoms with van der Waals surface area (Å²) in [6, 6.07) is 1.59. The van der Waals surface area contributed by atoms with Crippen molar-refractivity contribution in [1.29, 1.82) is 0 Å². The van der Waals surface area contributed by atoms with Crippen molar-refractivity contribution >= 4 is 17.6 Å². The van der Waals surface area contributed by atoms with Crippen LogP contribution in [0.2, 0.25) is 0 Å². The molecular weight excluding hydrogens is 275 g/mol. The van der Waals surface area contributed by atoms with Crippen LogP contribution in [0.5, 0.6) is 0 Å². The molecule has 20 heavy (non-hydrogen) atoms. The van der Waals surface area contributed by atoms with E-state index in [1.54, 1.807) is 0 Å². The lowest BCUT2D eigenvalue weighted by molar-refractivity contribution is -0.138. The number of amides is 3. The van der Waals surface area contributed by atoms with Gasteiger partial charge in [-0.05, 0) is 31.5 Å². The minimum absolute atomic E-state index is 0.00829. The summed E-state index contributed by atoms with van der Waals surface area (Å²) in [7, 11) is 0. The number of nitrogens with two attached hydrogens (primary N) is 1. The Morgan fingerprint density at radius 2 is 1.90 bits per heavy atom.